The lowest BCUT2D eigenvalue weighted by Crippen LogP contribution is -1.94. The van der Waals surface area contributed by atoms with Crippen molar-refractivity contribution in [1.29, 1.82) is 0 Å². The van der Waals surface area contributed by atoms with Crippen LogP contribution in [0.1, 0.15) is 22.4 Å². The van der Waals surface area contributed by atoms with Crippen LogP contribution < -0.4 is 0 Å². The summed E-state index contributed by atoms with van der Waals surface area (Å²) in [5.41, 5.74) is 6.24. The van der Waals surface area contributed by atoms with E-state index in [1.165, 1.54) is 27.8 Å². The lowest BCUT2D eigenvalue weighted by molar-refractivity contribution is -0.191. The van der Waals surface area contributed by atoms with Gasteiger partial charge >= 0.3 is 6.15 Å². The van der Waals surface area contributed by atoms with Crippen LogP contribution >= 0.6 is 0 Å². The highest BCUT2D eigenvalue weighted by Gasteiger charge is 2.02. The molecule has 1 N–H and O–H groups in total. The minimum absolute atomic E-state index is 0.250. The van der Waals surface area contributed by atoms with Gasteiger partial charge in [0.15, 0.2) is 0 Å². The molecule has 0 aliphatic carbocycles. The molecule has 0 fully saturated rings. The number of nitrogens with one attached hydrogen (secondary N) is 1. The summed E-state index contributed by atoms with van der Waals surface area (Å²) < 4.78 is 0. The summed E-state index contributed by atoms with van der Waals surface area (Å²) in [7, 11) is 0. The monoisotopic (exact) mass is 294 g/mol. The Morgan fingerprint density at radius 2 is 1.82 bits per heavy atom. The Labute approximate surface area is 129 Å². The van der Waals surface area contributed by atoms with E-state index in [2.05, 4.69) is 60.2 Å². The summed E-state index contributed by atoms with van der Waals surface area (Å²) in [5.74, 6) is 0. The van der Waals surface area contributed by atoms with Crippen molar-refractivity contribution in [3.05, 3.63) is 65.0 Å². The highest BCUT2D eigenvalue weighted by atomic mass is 16.2. The highest BCUT2D eigenvalue weighted by molar-refractivity contribution is 5.76. The molecule has 2 heterocycles. The Morgan fingerprint density at radius 1 is 1.09 bits per heavy atom. The molecule has 0 spiro atoms. The second kappa shape index (κ2) is 7.34. The van der Waals surface area contributed by atoms with E-state index in [1.807, 2.05) is 6.20 Å². The number of rotatable bonds is 3. The Kier molecular flexibility index (Phi) is 5.23. The zero-order valence-corrected chi connectivity index (χ0v) is 12.7. The van der Waals surface area contributed by atoms with E-state index < -0.39 is 0 Å². The van der Waals surface area contributed by atoms with Crippen LogP contribution in [0.15, 0.2) is 42.6 Å². The number of aromatic amines is 1. The number of H-pyrrole nitrogens is 1. The second-order valence-corrected chi connectivity index (χ2v) is 5.24. The number of carbonyl (C=O) groups excluding carboxylic acids is 2. The number of pyridine rings is 1. The van der Waals surface area contributed by atoms with E-state index in [-0.39, 0.29) is 6.15 Å². The van der Waals surface area contributed by atoms with Gasteiger partial charge in [0.1, 0.15) is 5.65 Å². The number of benzene rings is 1. The van der Waals surface area contributed by atoms with Gasteiger partial charge in [-0.2, -0.15) is 9.59 Å². The van der Waals surface area contributed by atoms with Crippen molar-refractivity contribution in [3.8, 4) is 0 Å². The van der Waals surface area contributed by atoms with Crippen molar-refractivity contribution in [2.75, 3.05) is 0 Å². The highest BCUT2D eigenvalue weighted by Crippen LogP contribution is 2.16. The molecule has 0 unspecified atom stereocenters. The summed E-state index contributed by atoms with van der Waals surface area (Å²) in [6.45, 7) is 4.24. The molecular weight excluding hydrogens is 276 g/mol. The van der Waals surface area contributed by atoms with Crippen LogP contribution in [0.25, 0.3) is 11.0 Å². The largest absolute Gasteiger partial charge is 0.373 e. The summed E-state index contributed by atoms with van der Waals surface area (Å²) in [6.07, 6.45) is 4.35. The second-order valence-electron chi connectivity index (χ2n) is 5.24. The van der Waals surface area contributed by atoms with Crippen molar-refractivity contribution in [1.82, 2.24) is 9.97 Å². The third kappa shape index (κ3) is 3.90. The van der Waals surface area contributed by atoms with Gasteiger partial charge in [0.05, 0.1) is 0 Å². The standard InChI is InChI=1S/C17H18N2.CO2/c1-12-5-3-4-6-15(12)8-7-14-10-16-9-13(2)19-17(16)18-11-14;2-1-3/h3-6,9-11H,7-8H2,1-2H3,(H,18,19);. The first-order valence-electron chi connectivity index (χ1n) is 7.12. The van der Waals surface area contributed by atoms with Crippen LogP contribution in [-0.4, -0.2) is 16.1 Å². The predicted molar refractivity (Wildman–Crippen MR) is 84.4 cm³/mol. The minimum Gasteiger partial charge on any atom is -0.344 e. The summed E-state index contributed by atoms with van der Waals surface area (Å²) in [5, 5.41) is 1.21. The molecule has 0 aliphatic rings. The van der Waals surface area contributed by atoms with Gasteiger partial charge in [0, 0.05) is 17.3 Å². The first kappa shape index (κ1) is 15.7. The minimum atomic E-state index is 0.250. The van der Waals surface area contributed by atoms with Crippen LogP contribution in [-0.2, 0) is 22.4 Å². The smallest absolute Gasteiger partial charge is 0.344 e. The average Bonchev–Trinajstić information content (AvgIpc) is 2.86. The predicted octanol–water partition coefficient (Wildman–Crippen LogP) is 3.38. The Bertz CT molecular complexity index is 800. The van der Waals surface area contributed by atoms with E-state index in [9.17, 15) is 0 Å². The number of hydrogen-bond acceptors (Lipinski definition) is 3. The van der Waals surface area contributed by atoms with Crippen LogP contribution in [0.2, 0.25) is 0 Å². The van der Waals surface area contributed by atoms with Gasteiger partial charge in [0.2, 0.25) is 0 Å². The molecule has 0 bridgehead atoms. The molecule has 0 aliphatic heterocycles. The van der Waals surface area contributed by atoms with Crippen molar-refractivity contribution in [2.24, 2.45) is 0 Å². The average molecular weight is 294 g/mol. The normalized spacial score (nSPS) is 9.91. The number of fused-ring (bicyclic) bond motifs is 1. The van der Waals surface area contributed by atoms with E-state index in [0.29, 0.717) is 0 Å². The van der Waals surface area contributed by atoms with Crippen molar-refractivity contribution in [3.63, 3.8) is 0 Å². The third-order valence-electron chi connectivity index (χ3n) is 3.61. The van der Waals surface area contributed by atoms with E-state index >= 15 is 0 Å². The van der Waals surface area contributed by atoms with Crippen LogP contribution in [0, 0.1) is 13.8 Å². The zero-order chi connectivity index (χ0) is 15.9. The molecule has 4 nitrogen and oxygen atoms in total. The molecule has 0 amide bonds. The molecule has 4 heteroatoms. The van der Waals surface area contributed by atoms with Gasteiger partial charge in [-0.3, -0.25) is 0 Å². The Balaban J connectivity index is 0.000000545. The molecule has 1 aromatic carbocycles. The summed E-state index contributed by atoms with van der Waals surface area (Å²) >= 11 is 0. The maximum Gasteiger partial charge on any atom is 0.373 e. The summed E-state index contributed by atoms with van der Waals surface area (Å²) in [4.78, 5) is 24.0. The van der Waals surface area contributed by atoms with Crippen LogP contribution in [0.5, 0.6) is 0 Å². The number of aromatic nitrogens is 2. The first-order valence-corrected chi connectivity index (χ1v) is 7.12. The third-order valence-corrected chi connectivity index (χ3v) is 3.61. The van der Waals surface area contributed by atoms with E-state index in [1.54, 1.807) is 0 Å². The SMILES string of the molecule is Cc1cc2cc(CCc3ccccc3C)cnc2[nH]1.O=C=O. The molecule has 22 heavy (non-hydrogen) atoms. The van der Waals surface area contributed by atoms with Gasteiger partial charge < -0.3 is 4.98 Å². The lowest BCUT2D eigenvalue weighted by atomic mass is 10.0. The molecule has 3 aromatic rings. The van der Waals surface area contributed by atoms with Gasteiger partial charge in [-0.05, 0) is 55.5 Å². The van der Waals surface area contributed by atoms with Gasteiger partial charge in [-0.25, -0.2) is 4.98 Å². The van der Waals surface area contributed by atoms with E-state index in [0.717, 1.165) is 18.5 Å². The Hall–Kier alpha value is -2.71. The fourth-order valence-electron chi connectivity index (χ4n) is 2.50. The molecule has 0 saturated carbocycles. The number of hydrogen-bond donors (Lipinski definition) is 1. The quantitative estimate of drug-likeness (QED) is 0.805. The maximum absolute atomic E-state index is 8.12. The fraction of sp³-hybridized carbons (Fsp3) is 0.222. The zero-order valence-electron chi connectivity index (χ0n) is 12.7. The molecule has 112 valence electrons. The van der Waals surface area contributed by atoms with Crippen molar-refractivity contribution < 1.29 is 9.59 Å². The van der Waals surface area contributed by atoms with Gasteiger partial charge in [0.25, 0.3) is 0 Å². The van der Waals surface area contributed by atoms with Crippen molar-refractivity contribution >= 4 is 17.2 Å². The topological polar surface area (TPSA) is 62.8 Å². The van der Waals surface area contributed by atoms with Crippen LogP contribution in [0.3, 0.4) is 0 Å². The van der Waals surface area contributed by atoms with Crippen molar-refractivity contribution in [2.45, 2.75) is 26.7 Å². The van der Waals surface area contributed by atoms with Crippen LogP contribution in [0.4, 0.5) is 0 Å². The summed E-state index contributed by atoms with van der Waals surface area (Å²) in [6, 6.07) is 13.0. The molecule has 2 aromatic heterocycles. The first-order chi connectivity index (χ1) is 10.6. The number of aryl methyl sites for hydroxylation is 4. The van der Waals surface area contributed by atoms with Gasteiger partial charge in [-0.1, -0.05) is 24.3 Å². The molecule has 0 atom stereocenters. The molecule has 3 rings (SSSR count). The molecule has 0 radical (unpaired) electrons. The molecule has 0 saturated heterocycles. The van der Waals surface area contributed by atoms with E-state index in [4.69, 9.17) is 9.59 Å². The Morgan fingerprint density at radius 3 is 2.55 bits per heavy atom. The molecular formula is C18H18N2O2. The lowest BCUT2D eigenvalue weighted by Gasteiger charge is -2.05. The van der Waals surface area contributed by atoms with Gasteiger partial charge in [-0.15, -0.1) is 0 Å². The number of nitrogens with zero attached hydrogens (tertiary/aromatic N) is 1. The maximum atomic E-state index is 8.12. The fourth-order valence-corrected chi connectivity index (χ4v) is 2.50.